The Morgan fingerprint density at radius 3 is 2.43 bits per heavy atom. The van der Waals surface area contributed by atoms with E-state index < -0.39 is 6.10 Å². The maximum atomic E-state index is 10.1. The summed E-state index contributed by atoms with van der Waals surface area (Å²) in [4.78, 5) is 0. The van der Waals surface area contributed by atoms with Crippen LogP contribution in [-0.2, 0) is 0 Å². The van der Waals surface area contributed by atoms with Crippen LogP contribution in [0, 0.1) is 22.7 Å². The highest BCUT2D eigenvalue weighted by molar-refractivity contribution is 5.38. The van der Waals surface area contributed by atoms with E-state index >= 15 is 0 Å². The molecule has 0 bridgehead atoms. The van der Waals surface area contributed by atoms with Crippen molar-refractivity contribution in [2.75, 3.05) is 6.61 Å². The molecular weight excluding hydrogens is 176 g/mol. The summed E-state index contributed by atoms with van der Waals surface area (Å²) in [6.45, 7) is 10.4. The summed E-state index contributed by atoms with van der Waals surface area (Å²) in [6, 6.07) is 0. The summed E-state index contributed by atoms with van der Waals surface area (Å²) in [5.74, 6) is 0.950. The van der Waals surface area contributed by atoms with E-state index in [-0.39, 0.29) is 17.4 Å². The molecule has 0 unspecified atom stereocenters. The quantitative estimate of drug-likeness (QED) is 0.658. The van der Waals surface area contributed by atoms with Crippen molar-refractivity contribution in [1.82, 2.24) is 0 Å². The van der Waals surface area contributed by atoms with Crippen molar-refractivity contribution in [3.63, 3.8) is 0 Å². The van der Waals surface area contributed by atoms with Crippen LogP contribution in [0.5, 0.6) is 0 Å². The lowest BCUT2D eigenvalue weighted by atomic mass is 9.82. The monoisotopic (exact) mass is 196 g/mol. The smallest absolute Gasteiger partial charge is 0.0831 e. The van der Waals surface area contributed by atoms with Gasteiger partial charge in [0.05, 0.1) is 12.7 Å². The second-order valence-electron chi connectivity index (χ2n) is 5.54. The molecule has 2 rings (SSSR count). The van der Waals surface area contributed by atoms with Crippen molar-refractivity contribution < 1.29 is 10.2 Å². The van der Waals surface area contributed by atoms with Gasteiger partial charge in [-0.25, -0.2) is 0 Å². The molecule has 2 nitrogen and oxygen atoms in total. The first-order valence-electron chi connectivity index (χ1n) is 5.39. The number of aliphatic hydroxyl groups is 2. The van der Waals surface area contributed by atoms with Gasteiger partial charge in [0.25, 0.3) is 0 Å². The van der Waals surface area contributed by atoms with Crippen LogP contribution in [0.15, 0.2) is 12.2 Å². The van der Waals surface area contributed by atoms with Gasteiger partial charge in [-0.3, -0.25) is 0 Å². The highest BCUT2D eigenvalue weighted by Crippen LogP contribution is 2.75. The van der Waals surface area contributed by atoms with Crippen LogP contribution in [0.4, 0.5) is 0 Å². The zero-order valence-electron chi connectivity index (χ0n) is 9.25. The van der Waals surface area contributed by atoms with Gasteiger partial charge in [0.15, 0.2) is 0 Å². The summed E-state index contributed by atoms with van der Waals surface area (Å²) < 4.78 is 0. The molecular formula is C12H20O2. The van der Waals surface area contributed by atoms with Crippen LogP contribution in [0.3, 0.4) is 0 Å². The zero-order chi connectivity index (χ0) is 10.7. The normalized spacial score (nSPS) is 51.1. The van der Waals surface area contributed by atoms with Crippen LogP contribution in [0.25, 0.3) is 0 Å². The number of hydrogen-bond acceptors (Lipinski definition) is 2. The third kappa shape index (κ3) is 0.842. The summed E-state index contributed by atoms with van der Waals surface area (Å²) in [6.07, 6.45) is 0.575. The van der Waals surface area contributed by atoms with Crippen molar-refractivity contribution in [2.45, 2.75) is 33.3 Å². The lowest BCUT2D eigenvalue weighted by Gasteiger charge is -2.28. The molecule has 2 fully saturated rings. The first kappa shape index (κ1) is 10.2. The largest absolute Gasteiger partial charge is 0.396 e. The number of fused-ring (bicyclic) bond motifs is 1. The van der Waals surface area contributed by atoms with Gasteiger partial charge < -0.3 is 10.2 Å². The fraction of sp³-hybridized carbons (Fsp3) is 0.833. The first-order chi connectivity index (χ1) is 6.41. The third-order valence-corrected chi connectivity index (χ3v) is 4.72. The van der Waals surface area contributed by atoms with Crippen molar-refractivity contribution >= 4 is 0 Å². The topological polar surface area (TPSA) is 40.5 Å². The molecule has 4 atom stereocenters. The fourth-order valence-corrected chi connectivity index (χ4v) is 3.50. The third-order valence-electron chi connectivity index (χ3n) is 4.72. The average molecular weight is 196 g/mol. The molecule has 0 aromatic rings. The fourth-order valence-electron chi connectivity index (χ4n) is 3.50. The standard InChI is InChI=1S/C12H20O2/c1-7(2)12-5-9(12)11(4,6-13)10(14)8(12)3/h7,9-10,13-14H,3,5-6H2,1-2,4H3/t9-,10-,11-,12-/m1/s1. The van der Waals surface area contributed by atoms with Gasteiger partial charge in [-0.1, -0.05) is 27.4 Å². The molecule has 2 N–H and O–H groups in total. The molecule has 2 saturated carbocycles. The lowest BCUT2D eigenvalue weighted by molar-refractivity contribution is 0.0173. The molecule has 0 aromatic heterocycles. The van der Waals surface area contributed by atoms with Gasteiger partial charge >= 0.3 is 0 Å². The van der Waals surface area contributed by atoms with E-state index in [2.05, 4.69) is 20.4 Å². The van der Waals surface area contributed by atoms with E-state index in [0.717, 1.165) is 12.0 Å². The van der Waals surface area contributed by atoms with E-state index in [0.29, 0.717) is 11.8 Å². The molecule has 14 heavy (non-hydrogen) atoms. The van der Waals surface area contributed by atoms with Crippen LogP contribution in [0.2, 0.25) is 0 Å². The number of rotatable bonds is 2. The molecule has 0 radical (unpaired) electrons. The van der Waals surface area contributed by atoms with Gasteiger partial charge in [0, 0.05) is 5.41 Å². The van der Waals surface area contributed by atoms with Crippen molar-refractivity contribution in [1.29, 1.82) is 0 Å². The van der Waals surface area contributed by atoms with Gasteiger partial charge in [-0.05, 0) is 29.2 Å². The second kappa shape index (κ2) is 2.61. The van der Waals surface area contributed by atoms with Gasteiger partial charge in [0.2, 0.25) is 0 Å². The Hall–Kier alpha value is -0.340. The first-order valence-corrected chi connectivity index (χ1v) is 5.39. The van der Waals surface area contributed by atoms with Crippen molar-refractivity contribution in [3.05, 3.63) is 12.2 Å². The van der Waals surface area contributed by atoms with E-state index in [1.165, 1.54) is 0 Å². The number of hydrogen-bond donors (Lipinski definition) is 2. The van der Waals surface area contributed by atoms with Gasteiger partial charge in [-0.2, -0.15) is 0 Å². The van der Waals surface area contributed by atoms with Crippen molar-refractivity contribution in [3.8, 4) is 0 Å². The van der Waals surface area contributed by atoms with E-state index in [1.54, 1.807) is 0 Å². The maximum absolute atomic E-state index is 10.1. The molecule has 2 aliphatic rings. The molecule has 0 spiro atoms. The minimum Gasteiger partial charge on any atom is -0.396 e. The Morgan fingerprint density at radius 1 is 1.57 bits per heavy atom. The summed E-state index contributed by atoms with van der Waals surface area (Å²) in [5.41, 5.74) is 0.729. The van der Waals surface area contributed by atoms with Gasteiger partial charge in [-0.15, -0.1) is 0 Å². The molecule has 80 valence electrons. The molecule has 0 saturated heterocycles. The molecule has 0 aliphatic heterocycles. The van der Waals surface area contributed by atoms with Crippen molar-refractivity contribution in [2.24, 2.45) is 22.7 Å². The highest BCUT2D eigenvalue weighted by Gasteiger charge is 2.73. The van der Waals surface area contributed by atoms with Crippen LogP contribution < -0.4 is 0 Å². The second-order valence-corrected chi connectivity index (χ2v) is 5.54. The predicted octanol–water partition coefficient (Wildman–Crippen LogP) is 1.58. The minimum absolute atomic E-state index is 0.0618. The highest BCUT2D eigenvalue weighted by atomic mass is 16.3. The Morgan fingerprint density at radius 2 is 2.14 bits per heavy atom. The summed E-state index contributed by atoms with van der Waals surface area (Å²) >= 11 is 0. The Bertz CT molecular complexity index is 284. The minimum atomic E-state index is -0.520. The Kier molecular flexibility index (Phi) is 1.90. The molecule has 0 heterocycles. The SMILES string of the molecule is C=C1[C@@H](O)[C@](C)(CO)[C@H]2C[C@@]12C(C)C. The lowest BCUT2D eigenvalue weighted by Crippen LogP contribution is -2.34. The van der Waals surface area contributed by atoms with Crippen LogP contribution >= 0.6 is 0 Å². The number of aliphatic hydroxyl groups excluding tert-OH is 2. The Balaban J connectivity index is 2.37. The van der Waals surface area contributed by atoms with E-state index in [4.69, 9.17) is 0 Å². The van der Waals surface area contributed by atoms with E-state index in [9.17, 15) is 10.2 Å². The van der Waals surface area contributed by atoms with Gasteiger partial charge in [0.1, 0.15) is 0 Å². The van der Waals surface area contributed by atoms with Crippen LogP contribution in [0.1, 0.15) is 27.2 Å². The summed E-state index contributed by atoms with van der Waals surface area (Å²) in [5, 5.41) is 19.5. The average Bonchev–Trinajstić information content (AvgIpc) is 2.87. The summed E-state index contributed by atoms with van der Waals surface area (Å²) in [7, 11) is 0. The van der Waals surface area contributed by atoms with Crippen LogP contribution in [-0.4, -0.2) is 22.9 Å². The molecule has 0 amide bonds. The van der Waals surface area contributed by atoms with E-state index in [1.807, 2.05) is 6.92 Å². The molecule has 2 aliphatic carbocycles. The molecule has 0 aromatic carbocycles. The molecule has 2 heteroatoms. The Labute approximate surface area is 85.6 Å². The zero-order valence-corrected chi connectivity index (χ0v) is 9.25. The predicted molar refractivity (Wildman–Crippen MR) is 55.7 cm³/mol. The maximum Gasteiger partial charge on any atom is 0.0831 e.